The lowest BCUT2D eigenvalue weighted by Gasteiger charge is -2.13. The van der Waals surface area contributed by atoms with Crippen molar-refractivity contribution in [3.63, 3.8) is 0 Å². The summed E-state index contributed by atoms with van der Waals surface area (Å²) in [6.07, 6.45) is 1.52. The molecule has 0 atom stereocenters. The molecular formula is C10H14O2. The molecule has 0 aromatic carbocycles. The summed E-state index contributed by atoms with van der Waals surface area (Å²) in [6, 6.07) is 1.81. The van der Waals surface area contributed by atoms with Crippen LogP contribution in [0.15, 0.2) is 16.7 Å². The number of rotatable bonds is 1. The van der Waals surface area contributed by atoms with Gasteiger partial charge in [-0.05, 0) is 13.0 Å². The molecule has 0 aliphatic heterocycles. The molecule has 0 aliphatic rings. The van der Waals surface area contributed by atoms with E-state index < -0.39 is 0 Å². The molecule has 0 amide bonds. The van der Waals surface area contributed by atoms with Crippen molar-refractivity contribution in [1.82, 2.24) is 0 Å². The molecule has 12 heavy (non-hydrogen) atoms. The molecule has 0 N–H and O–H groups in total. The van der Waals surface area contributed by atoms with Gasteiger partial charge in [-0.15, -0.1) is 0 Å². The smallest absolute Gasteiger partial charge is 0.163 e. The topological polar surface area (TPSA) is 30.2 Å². The summed E-state index contributed by atoms with van der Waals surface area (Å²) in [5.41, 5.74) is 0.633. The van der Waals surface area contributed by atoms with Gasteiger partial charge in [0.25, 0.3) is 0 Å². The molecule has 0 saturated heterocycles. The Morgan fingerprint density at radius 3 is 2.25 bits per heavy atom. The Balaban J connectivity index is 3.00. The van der Waals surface area contributed by atoms with E-state index in [0.717, 1.165) is 5.76 Å². The minimum atomic E-state index is -0.0201. The van der Waals surface area contributed by atoms with Crippen LogP contribution in [0.5, 0.6) is 0 Å². The Morgan fingerprint density at radius 2 is 2.00 bits per heavy atom. The van der Waals surface area contributed by atoms with Gasteiger partial charge in [-0.25, -0.2) is 0 Å². The van der Waals surface area contributed by atoms with Crippen molar-refractivity contribution in [2.45, 2.75) is 33.1 Å². The van der Waals surface area contributed by atoms with Gasteiger partial charge in [0, 0.05) is 5.41 Å². The summed E-state index contributed by atoms with van der Waals surface area (Å²) in [4.78, 5) is 10.9. The van der Waals surface area contributed by atoms with Crippen LogP contribution in [0, 0.1) is 0 Å². The van der Waals surface area contributed by atoms with Crippen molar-refractivity contribution < 1.29 is 9.21 Å². The largest absolute Gasteiger partial charge is 0.468 e. The van der Waals surface area contributed by atoms with Crippen LogP contribution in [0.3, 0.4) is 0 Å². The quantitative estimate of drug-likeness (QED) is 0.600. The SMILES string of the molecule is CC(=O)c1coc(C(C)(C)C)c1. The molecule has 2 heteroatoms. The first-order valence-corrected chi connectivity index (χ1v) is 4.01. The minimum absolute atomic E-state index is 0.0201. The maximum atomic E-state index is 10.9. The van der Waals surface area contributed by atoms with Gasteiger partial charge in [0.1, 0.15) is 12.0 Å². The Hall–Kier alpha value is -1.05. The maximum Gasteiger partial charge on any atom is 0.163 e. The van der Waals surface area contributed by atoms with Gasteiger partial charge in [-0.2, -0.15) is 0 Å². The van der Waals surface area contributed by atoms with E-state index in [0.29, 0.717) is 5.56 Å². The Kier molecular flexibility index (Phi) is 2.09. The predicted molar refractivity (Wildman–Crippen MR) is 47.4 cm³/mol. The average Bonchev–Trinajstić information content (AvgIpc) is 2.30. The van der Waals surface area contributed by atoms with Crippen LogP contribution in [0.4, 0.5) is 0 Å². The Bertz CT molecular complexity index is 289. The van der Waals surface area contributed by atoms with E-state index in [4.69, 9.17) is 4.42 Å². The van der Waals surface area contributed by atoms with Gasteiger partial charge in [-0.3, -0.25) is 4.79 Å². The van der Waals surface area contributed by atoms with E-state index in [1.807, 2.05) is 6.07 Å². The molecule has 2 nitrogen and oxygen atoms in total. The average molecular weight is 166 g/mol. The molecule has 1 aromatic heterocycles. The summed E-state index contributed by atoms with van der Waals surface area (Å²) >= 11 is 0. The van der Waals surface area contributed by atoms with Gasteiger partial charge in [0.2, 0.25) is 0 Å². The van der Waals surface area contributed by atoms with Gasteiger partial charge < -0.3 is 4.42 Å². The zero-order valence-electron chi connectivity index (χ0n) is 7.97. The molecule has 0 spiro atoms. The van der Waals surface area contributed by atoms with Crippen LogP contribution in [0.2, 0.25) is 0 Å². The zero-order chi connectivity index (χ0) is 9.35. The minimum Gasteiger partial charge on any atom is -0.468 e. The Morgan fingerprint density at radius 1 is 1.42 bits per heavy atom. The van der Waals surface area contributed by atoms with Crippen molar-refractivity contribution in [3.8, 4) is 0 Å². The van der Waals surface area contributed by atoms with E-state index in [1.165, 1.54) is 13.2 Å². The number of hydrogen-bond acceptors (Lipinski definition) is 2. The first-order valence-electron chi connectivity index (χ1n) is 4.01. The number of carbonyl (C=O) groups is 1. The molecular weight excluding hydrogens is 152 g/mol. The summed E-state index contributed by atoms with van der Waals surface area (Å²) in [6.45, 7) is 7.69. The standard InChI is InChI=1S/C10H14O2/c1-7(11)8-5-9(12-6-8)10(2,3)4/h5-6H,1-4H3. The third-order valence-electron chi connectivity index (χ3n) is 1.75. The van der Waals surface area contributed by atoms with Crippen LogP contribution in [-0.2, 0) is 5.41 Å². The van der Waals surface area contributed by atoms with Crippen LogP contribution < -0.4 is 0 Å². The summed E-state index contributed by atoms with van der Waals surface area (Å²) in [7, 11) is 0. The number of hydrogen-bond donors (Lipinski definition) is 0. The van der Waals surface area contributed by atoms with Gasteiger partial charge in [0.05, 0.1) is 5.56 Å². The van der Waals surface area contributed by atoms with E-state index >= 15 is 0 Å². The van der Waals surface area contributed by atoms with Crippen molar-refractivity contribution in [2.75, 3.05) is 0 Å². The zero-order valence-corrected chi connectivity index (χ0v) is 7.97. The van der Waals surface area contributed by atoms with Crippen molar-refractivity contribution in [3.05, 3.63) is 23.7 Å². The fourth-order valence-electron chi connectivity index (χ4n) is 0.914. The second-order valence-corrected chi connectivity index (χ2v) is 4.01. The highest BCUT2D eigenvalue weighted by Gasteiger charge is 2.18. The molecule has 66 valence electrons. The van der Waals surface area contributed by atoms with Crippen LogP contribution in [-0.4, -0.2) is 5.78 Å². The summed E-state index contributed by atoms with van der Waals surface area (Å²) < 4.78 is 5.27. The van der Waals surface area contributed by atoms with Crippen molar-refractivity contribution in [2.24, 2.45) is 0 Å². The van der Waals surface area contributed by atoms with Crippen LogP contribution in [0.25, 0.3) is 0 Å². The summed E-state index contributed by atoms with van der Waals surface area (Å²) in [5.74, 6) is 0.905. The molecule has 0 bridgehead atoms. The van der Waals surface area contributed by atoms with Crippen LogP contribution in [0.1, 0.15) is 43.8 Å². The monoisotopic (exact) mass is 166 g/mol. The molecule has 0 fully saturated rings. The molecule has 0 radical (unpaired) electrons. The van der Waals surface area contributed by atoms with E-state index in [2.05, 4.69) is 20.8 Å². The van der Waals surface area contributed by atoms with E-state index in [-0.39, 0.29) is 11.2 Å². The fraction of sp³-hybridized carbons (Fsp3) is 0.500. The van der Waals surface area contributed by atoms with Crippen LogP contribution >= 0.6 is 0 Å². The Labute approximate surface area is 72.6 Å². The third-order valence-corrected chi connectivity index (χ3v) is 1.75. The predicted octanol–water partition coefficient (Wildman–Crippen LogP) is 2.78. The highest BCUT2D eigenvalue weighted by molar-refractivity contribution is 5.93. The highest BCUT2D eigenvalue weighted by atomic mass is 16.3. The van der Waals surface area contributed by atoms with Crippen molar-refractivity contribution in [1.29, 1.82) is 0 Å². The lowest BCUT2D eigenvalue weighted by atomic mass is 9.93. The lowest BCUT2D eigenvalue weighted by Crippen LogP contribution is -2.09. The molecule has 1 heterocycles. The second-order valence-electron chi connectivity index (χ2n) is 4.01. The second kappa shape index (κ2) is 2.77. The molecule has 0 aliphatic carbocycles. The van der Waals surface area contributed by atoms with Gasteiger partial charge in [0.15, 0.2) is 5.78 Å². The maximum absolute atomic E-state index is 10.9. The van der Waals surface area contributed by atoms with Gasteiger partial charge in [-0.1, -0.05) is 20.8 Å². The molecule has 0 saturated carbocycles. The number of carbonyl (C=O) groups excluding carboxylic acids is 1. The number of furan rings is 1. The lowest BCUT2D eigenvalue weighted by molar-refractivity contribution is 0.101. The highest BCUT2D eigenvalue weighted by Crippen LogP contribution is 2.24. The summed E-state index contributed by atoms with van der Waals surface area (Å²) in [5, 5.41) is 0. The number of Topliss-reactive ketones (excluding diaryl/α,β-unsaturated/α-hetero) is 1. The number of ketones is 1. The van der Waals surface area contributed by atoms with Gasteiger partial charge >= 0.3 is 0 Å². The molecule has 1 aromatic rings. The van der Waals surface area contributed by atoms with E-state index in [9.17, 15) is 4.79 Å². The van der Waals surface area contributed by atoms with Crippen molar-refractivity contribution >= 4 is 5.78 Å². The first kappa shape index (κ1) is 9.04. The molecule has 1 rings (SSSR count). The van der Waals surface area contributed by atoms with E-state index in [1.54, 1.807) is 0 Å². The fourth-order valence-corrected chi connectivity index (χ4v) is 0.914. The first-order chi connectivity index (χ1) is 5.41. The third kappa shape index (κ3) is 1.76. The molecule has 0 unspecified atom stereocenters. The normalized spacial score (nSPS) is 11.7.